The second-order valence-electron chi connectivity index (χ2n) is 5.73. The van der Waals surface area contributed by atoms with E-state index in [0.29, 0.717) is 0 Å². The van der Waals surface area contributed by atoms with Crippen molar-refractivity contribution in [3.8, 4) is 0 Å². The van der Waals surface area contributed by atoms with Gasteiger partial charge in [-0.2, -0.15) is 0 Å². The minimum absolute atomic E-state index is 0. The Balaban J connectivity index is 0.00000220. The van der Waals surface area contributed by atoms with Crippen LogP contribution in [-0.4, -0.2) is 75.5 Å². The molecule has 5 heteroatoms. The van der Waals surface area contributed by atoms with E-state index in [9.17, 15) is 9.59 Å². The number of carbonyl (C=O) groups is 2. The average molecular weight is 320 g/mol. The van der Waals surface area contributed by atoms with Gasteiger partial charge in [0.05, 0.1) is 0 Å². The van der Waals surface area contributed by atoms with E-state index in [1.807, 2.05) is 0 Å². The van der Waals surface area contributed by atoms with Crippen molar-refractivity contribution >= 4 is 63.3 Å². The summed E-state index contributed by atoms with van der Waals surface area (Å²) in [5.41, 5.74) is 0. The van der Waals surface area contributed by atoms with Gasteiger partial charge in [0.15, 0.2) is 0 Å². The zero-order valence-corrected chi connectivity index (χ0v) is 12.0. The molecule has 0 unspecified atom stereocenters. The Morgan fingerprint density at radius 1 is 0.667 bits per heavy atom. The minimum atomic E-state index is -0.433. The molecular formula is C16H25KO4. The molecule has 0 saturated heterocycles. The number of esters is 2. The van der Waals surface area contributed by atoms with Crippen molar-refractivity contribution < 1.29 is 19.1 Å². The van der Waals surface area contributed by atoms with Crippen LogP contribution < -0.4 is 0 Å². The molecule has 4 nitrogen and oxygen atoms in total. The van der Waals surface area contributed by atoms with E-state index < -0.39 is 11.9 Å². The molecule has 2 aliphatic rings. The number of carbonyl (C=O) groups excluding carboxylic acids is 2. The topological polar surface area (TPSA) is 52.6 Å². The van der Waals surface area contributed by atoms with E-state index in [1.54, 1.807) is 0 Å². The van der Waals surface area contributed by atoms with Crippen molar-refractivity contribution in [2.45, 2.75) is 76.4 Å². The molecule has 0 bridgehead atoms. The summed E-state index contributed by atoms with van der Waals surface area (Å²) >= 11 is 0. The van der Waals surface area contributed by atoms with Crippen LogP contribution in [0.3, 0.4) is 0 Å². The van der Waals surface area contributed by atoms with Gasteiger partial charge in [-0.1, -0.05) is 12.8 Å². The molecule has 0 spiro atoms. The van der Waals surface area contributed by atoms with Crippen LogP contribution in [0.4, 0.5) is 0 Å². The maximum absolute atomic E-state index is 11.6. The summed E-state index contributed by atoms with van der Waals surface area (Å²) < 4.78 is 10.6. The van der Waals surface area contributed by atoms with Crippen molar-refractivity contribution in [2.24, 2.45) is 0 Å². The quantitative estimate of drug-likeness (QED) is 0.454. The van der Waals surface area contributed by atoms with Gasteiger partial charge >= 0.3 is 63.3 Å². The van der Waals surface area contributed by atoms with Gasteiger partial charge in [-0.25, -0.2) is 9.59 Å². The molecule has 0 aromatic carbocycles. The van der Waals surface area contributed by atoms with Crippen LogP contribution in [0, 0.1) is 0 Å². The molecule has 2 rings (SSSR count). The Bertz CT molecular complexity index is 321. The summed E-state index contributed by atoms with van der Waals surface area (Å²) in [5, 5.41) is 0. The van der Waals surface area contributed by atoms with Gasteiger partial charge in [-0.15, -0.1) is 0 Å². The Morgan fingerprint density at radius 2 is 1.00 bits per heavy atom. The third-order valence-electron chi connectivity index (χ3n) is 4.03. The van der Waals surface area contributed by atoms with Gasteiger partial charge < -0.3 is 9.47 Å². The molecule has 114 valence electrons. The van der Waals surface area contributed by atoms with Crippen LogP contribution in [0.25, 0.3) is 0 Å². The molecule has 0 N–H and O–H groups in total. The summed E-state index contributed by atoms with van der Waals surface area (Å²) in [6.45, 7) is 0. The summed E-state index contributed by atoms with van der Waals surface area (Å²) in [6.07, 6.45) is 13.1. The van der Waals surface area contributed by atoms with Crippen LogP contribution in [0.15, 0.2) is 12.2 Å². The molecule has 0 radical (unpaired) electrons. The Morgan fingerprint density at radius 3 is 1.33 bits per heavy atom. The van der Waals surface area contributed by atoms with E-state index in [1.165, 1.54) is 25.0 Å². The van der Waals surface area contributed by atoms with Gasteiger partial charge in [0.25, 0.3) is 0 Å². The van der Waals surface area contributed by atoms with Crippen molar-refractivity contribution in [1.29, 1.82) is 0 Å². The molecule has 2 aliphatic carbocycles. The van der Waals surface area contributed by atoms with Gasteiger partial charge in [0, 0.05) is 12.2 Å². The third kappa shape index (κ3) is 7.93. The zero-order valence-electron chi connectivity index (χ0n) is 12.0. The van der Waals surface area contributed by atoms with E-state index in [2.05, 4.69) is 0 Å². The Hall–Kier alpha value is 0.316. The summed E-state index contributed by atoms with van der Waals surface area (Å²) in [7, 11) is 0. The predicted molar refractivity (Wildman–Crippen MR) is 82.2 cm³/mol. The number of hydrogen-bond acceptors (Lipinski definition) is 4. The number of rotatable bonds is 4. The summed E-state index contributed by atoms with van der Waals surface area (Å²) in [6, 6.07) is 0. The monoisotopic (exact) mass is 320 g/mol. The van der Waals surface area contributed by atoms with Gasteiger partial charge in [-0.05, 0) is 51.4 Å². The van der Waals surface area contributed by atoms with Gasteiger partial charge in [-0.3, -0.25) is 0 Å². The van der Waals surface area contributed by atoms with Gasteiger partial charge in [0.1, 0.15) is 12.2 Å². The molecule has 0 atom stereocenters. The van der Waals surface area contributed by atoms with Crippen LogP contribution in [0.5, 0.6) is 0 Å². The first-order valence-electron chi connectivity index (χ1n) is 7.83. The second kappa shape index (κ2) is 10.9. The molecule has 21 heavy (non-hydrogen) atoms. The first-order chi connectivity index (χ1) is 9.74. The molecule has 0 aliphatic heterocycles. The maximum atomic E-state index is 11.6. The van der Waals surface area contributed by atoms with Crippen LogP contribution in [-0.2, 0) is 19.1 Å². The predicted octanol–water partition coefficient (Wildman–Crippen LogP) is 2.65. The summed E-state index contributed by atoms with van der Waals surface area (Å²) in [4.78, 5) is 23.2. The molecule has 2 fully saturated rings. The fraction of sp³-hybridized carbons (Fsp3) is 0.750. The van der Waals surface area contributed by atoms with Gasteiger partial charge in [0.2, 0.25) is 0 Å². The number of hydrogen-bond donors (Lipinski definition) is 0. The zero-order chi connectivity index (χ0) is 14.2. The third-order valence-corrected chi connectivity index (χ3v) is 4.03. The second-order valence-corrected chi connectivity index (χ2v) is 5.73. The molecule has 0 amide bonds. The summed E-state index contributed by atoms with van der Waals surface area (Å²) in [5.74, 6) is -0.866. The van der Waals surface area contributed by atoms with Crippen molar-refractivity contribution in [3.63, 3.8) is 0 Å². The first kappa shape index (κ1) is 19.4. The first-order valence-corrected chi connectivity index (χ1v) is 7.83. The molecule has 0 aromatic heterocycles. The molecule has 0 heterocycles. The fourth-order valence-corrected chi connectivity index (χ4v) is 2.91. The van der Waals surface area contributed by atoms with E-state index in [0.717, 1.165) is 51.4 Å². The van der Waals surface area contributed by atoms with Crippen LogP contribution in [0.2, 0.25) is 0 Å². The normalized spacial score (nSPS) is 20.8. The number of ether oxygens (including phenoxy) is 2. The van der Waals surface area contributed by atoms with E-state index >= 15 is 0 Å². The van der Waals surface area contributed by atoms with E-state index in [-0.39, 0.29) is 63.6 Å². The standard InChI is InChI=1S/C16H24O4.K.H/c17-15(19-13-7-3-1-4-8-13)11-12-16(18)20-14-9-5-2-6-10-14;;/h11-14H,1-10H2;;/b12-11-;;. The Labute approximate surface area is 169 Å². The molecule has 2 saturated carbocycles. The molecule has 0 aromatic rings. The van der Waals surface area contributed by atoms with Crippen molar-refractivity contribution in [2.75, 3.05) is 0 Å². The van der Waals surface area contributed by atoms with Crippen molar-refractivity contribution in [1.82, 2.24) is 0 Å². The van der Waals surface area contributed by atoms with E-state index in [4.69, 9.17) is 9.47 Å². The van der Waals surface area contributed by atoms with Crippen LogP contribution in [0.1, 0.15) is 64.2 Å². The SMILES string of the molecule is O=C(/C=C\C(=O)OC1CCCCC1)OC1CCCCC1.[KH]. The Kier molecular flexibility index (Phi) is 10.1. The fourth-order valence-electron chi connectivity index (χ4n) is 2.91. The average Bonchev–Trinajstić information content (AvgIpc) is 2.47. The molecular weight excluding hydrogens is 295 g/mol. The van der Waals surface area contributed by atoms with Crippen LogP contribution >= 0.6 is 0 Å². The van der Waals surface area contributed by atoms with Crippen molar-refractivity contribution in [3.05, 3.63) is 12.2 Å².